The average Bonchev–Trinajstić information content (AvgIpc) is 2.72. The van der Waals surface area contributed by atoms with Crippen molar-refractivity contribution in [2.45, 2.75) is 0 Å². The zero-order valence-corrected chi connectivity index (χ0v) is 15.9. The van der Waals surface area contributed by atoms with Crippen LogP contribution in [-0.4, -0.2) is 68.1 Å². The Labute approximate surface area is 164 Å². The number of hydrogen-bond acceptors (Lipinski definition) is 6. The van der Waals surface area contributed by atoms with Gasteiger partial charge in [0.15, 0.2) is 5.78 Å². The second-order valence-electron chi connectivity index (χ2n) is 6.82. The Kier molecular flexibility index (Phi) is 6.49. The van der Waals surface area contributed by atoms with E-state index in [1.54, 1.807) is 12.1 Å². The van der Waals surface area contributed by atoms with E-state index in [9.17, 15) is 9.59 Å². The number of hydrogen-bond donors (Lipinski definition) is 2. The van der Waals surface area contributed by atoms with Gasteiger partial charge in [-0.2, -0.15) is 0 Å². The van der Waals surface area contributed by atoms with Gasteiger partial charge in [-0.25, -0.2) is 4.79 Å². The monoisotopic (exact) mass is 383 g/mol. The van der Waals surface area contributed by atoms with Gasteiger partial charge in [0.1, 0.15) is 12.4 Å². The number of aromatic carboxylic acids is 1. The van der Waals surface area contributed by atoms with E-state index in [-0.39, 0.29) is 24.5 Å². The average molecular weight is 383 g/mol. The van der Waals surface area contributed by atoms with Crippen molar-refractivity contribution in [3.63, 3.8) is 0 Å². The first-order valence-electron chi connectivity index (χ1n) is 9.27. The summed E-state index contributed by atoms with van der Waals surface area (Å²) in [4.78, 5) is 27.8. The number of rotatable bonds is 8. The molecule has 1 aliphatic rings. The van der Waals surface area contributed by atoms with Crippen molar-refractivity contribution in [2.24, 2.45) is 0 Å². The lowest BCUT2D eigenvalue weighted by Crippen LogP contribution is -2.44. The molecular weight excluding hydrogens is 358 g/mol. The first kappa shape index (κ1) is 19.7. The number of ketones is 1. The highest BCUT2D eigenvalue weighted by molar-refractivity contribution is 5.89. The van der Waals surface area contributed by atoms with Gasteiger partial charge in [0.25, 0.3) is 0 Å². The van der Waals surface area contributed by atoms with Crippen LogP contribution in [0.3, 0.4) is 0 Å². The standard InChI is InChI=1S/C21H25N3O4/c1-23-9-11-24(12-10-23)19-7-2-3-8-20(19)28-15-18(25)14-22-17-6-4-5-16(13-17)21(26)27/h2-8,13,22H,9-12,14-15H2,1H3,(H,26,27). The third kappa shape index (κ3) is 5.23. The van der Waals surface area contributed by atoms with E-state index in [0.29, 0.717) is 11.4 Å². The lowest BCUT2D eigenvalue weighted by atomic mass is 10.2. The van der Waals surface area contributed by atoms with Crippen LogP contribution in [0, 0.1) is 0 Å². The van der Waals surface area contributed by atoms with Crippen LogP contribution < -0.4 is 15.0 Å². The first-order valence-corrected chi connectivity index (χ1v) is 9.27. The van der Waals surface area contributed by atoms with Gasteiger partial charge in [0.05, 0.1) is 17.8 Å². The highest BCUT2D eigenvalue weighted by Gasteiger charge is 2.18. The molecule has 0 atom stereocenters. The number of piperazine rings is 1. The number of carboxylic acid groups (broad SMARTS) is 1. The molecule has 1 saturated heterocycles. The topological polar surface area (TPSA) is 82.1 Å². The van der Waals surface area contributed by atoms with Crippen molar-refractivity contribution in [1.82, 2.24) is 4.90 Å². The van der Waals surface area contributed by atoms with Gasteiger partial charge in [-0.15, -0.1) is 0 Å². The molecule has 2 aromatic rings. The molecule has 0 bridgehead atoms. The number of likely N-dealkylation sites (N-methyl/N-ethyl adjacent to an activating group) is 1. The van der Waals surface area contributed by atoms with Crippen LogP contribution in [-0.2, 0) is 4.79 Å². The van der Waals surface area contributed by atoms with Crippen molar-refractivity contribution in [3.05, 3.63) is 54.1 Å². The quantitative estimate of drug-likeness (QED) is 0.723. The summed E-state index contributed by atoms with van der Waals surface area (Å²) in [6, 6.07) is 14.1. The van der Waals surface area contributed by atoms with Gasteiger partial charge < -0.3 is 25.0 Å². The second-order valence-corrected chi connectivity index (χ2v) is 6.82. The number of nitrogens with one attached hydrogen (secondary N) is 1. The van der Waals surface area contributed by atoms with E-state index in [2.05, 4.69) is 22.2 Å². The Bertz CT molecular complexity index is 832. The predicted octanol–water partition coefficient (Wildman–Crippen LogP) is 2.20. The highest BCUT2D eigenvalue weighted by atomic mass is 16.5. The second kappa shape index (κ2) is 9.23. The minimum absolute atomic E-state index is 0.0453. The van der Waals surface area contributed by atoms with Crippen LogP contribution in [0.1, 0.15) is 10.4 Å². The summed E-state index contributed by atoms with van der Waals surface area (Å²) in [6.45, 7) is 3.86. The van der Waals surface area contributed by atoms with Gasteiger partial charge in [0, 0.05) is 31.9 Å². The normalized spacial score (nSPS) is 14.5. The molecule has 0 aliphatic carbocycles. The van der Waals surface area contributed by atoms with Gasteiger partial charge in [0.2, 0.25) is 0 Å². The van der Waals surface area contributed by atoms with E-state index < -0.39 is 5.97 Å². The SMILES string of the molecule is CN1CCN(c2ccccc2OCC(=O)CNc2cccc(C(=O)O)c2)CC1. The Morgan fingerprint density at radius 1 is 1.07 bits per heavy atom. The summed E-state index contributed by atoms with van der Waals surface area (Å²) in [5.74, 6) is -0.416. The van der Waals surface area contributed by atoms with Gasteiger partial charge in [-0.3, -0.25) is 4.79 Å². The minimum Gasteiger partial charge on any atom is -0.484 e. The number of nitrogens with zero attached hydrogens (tertiary/aromatic N) is 2. The lowest BCUT2D eigenvalue weighted by molar-refractivity contribution is -0.119. The summed E-state index contributed by atoms with van der Waals surface area (Å²) in [5.41, 5.74) is 1.77. The maximum Gasteiger partial charge on any atom is 0.335 e. The van der Waals surface area contributed by atoms with Crippen LogP contribution in [0.2, 0.25) is 0 Å². The zero-order chi connectivity index (χ0) is 19.9. The largest absolute Gasteiger partial charge is 0.484 e. The predicted molar refractivity (Wildman–Crippen MR) is 109 cm³/mol. The molecule has 28 heavy (non-hydrogen) atoms. The molecule has 7 heteroatoms. The Morgan fingerprint density at radius 3 is 2.57 bits per heavy atom. The van der Waals surface area contributed by atoms with Crippen molar-refractivity contribution in [3.8, 4) is 5.75 Å². The number of ether oxygens (including phenoxy) is 1. The number of carboxylic acids is 1. The molecule has 0 radical (unpaired) electrons. The lowest BCUT2D eigenvalue weighted by Gasteiger charge is -2.34. The Balaban J connectivity index is 1.54. The van der Waals surface area contributed by atoms with E-state index in [1.165, 1.54) is 12.1 Å². The molecule has 1 heterocycles. The number of Topliss-reactive ketones (excluding diaryl/α,β-unsaturated/α-hetero) is 1. The van der Waals surface area contributed by atoms with E-state index in [0.717, 1.165) is 31.9 Å². The van der Waals surface area contributed by atoms with Gasteiger partial charge >= 0.3 is 5.97 Å². The molecule has 0 aromatic heterocycles. The Morgan fingerprint density at radius 2 is 1.82 bits per heavy atom. The Hall–Kier alpha value is -3.06. The zero-order valence-electron chi connectivity index (χ0n) is 15.9. The fraction of sp³-hybridized carbons (Fsp3) is 0.333. The van der Waals surface area contributed by atoms with Crippen molar-refractivity contribution in [1.29, 1.82) is 0 Å². The van der Waals surface area contributed by atoms with Crippen LogP contribution in [0.25, 0.3) is 0 Å². The number of benzene rings is 2. The van der Waals surface area contributed by atoms with Crippen molar-refractivity contribution >= 4 is 23.1 Å². The highest BCUT2D eigenvalue weighted by Crippen LogP contribution is 2.28. The third-order valence-electron chi connectivity index (χ3n) is 4.70. The number of anilines is 2. The molecular formula is C21H25N3O4. The van der Waals surface area contributed by atoms with Crippen LogP contribution in [0.15, 0.2) is 48.5 Å². The maximum absolute atomic E-state index is 12.2. The summed E-state index contributed by atoms with van der Waals surface area (Å²) in [5, 5.41) is 12.0. The number of carbonyl (C=O) groups excluding carboxylic acids is 1. The molecule has 2 N–H and O–H groups in total. The van der Waals surface area contributed by atoms with Crippen LogP contribution in [0.4, 0.5) is 11.4 Å². The van der Waals surface area contributed by atoms with Crippen LogP contribution in [0.5, 0.6) is 5.75 Å². The molecule has 0 unspecified atom stereocenters. The molecule has 0 spiro atoms. The fourth-order valence-electron chi connectivity index (χ4n) is 3.06. The number of carbonyl (C=O) groups is 2. The van der Waals surface area contributed by atoms with Gasteiger partial charge in [-0.05, 0) is 37.4 Å². The van der Waals surface area contributed by atoms with E-state index in [1.807, 2.05) is 24.3 Å². The maximum atomic E-state index is 12.2. The number of para-hydroxylation sites is 2. The van der Waals surface area contributed by atoms with E-state index in [4.69, 9.17) is 9.84 Å². The fourth-order valence-corrected chi connectivity index (χ4v) is 3.06. The van der Waals surface area contributed by atoms with Crippen molar-refractivity contribution < 1.29 is 19.4 Å². The molecule has 7 nitrogen and oxygen atoms in total. The summed E-state index contributed by atoms with van der Waals surface area (Å²) in [7, 11) is 2.11. The smallest absolute Gasteiger partial charge is 0.335 e. The van der Waals surface area contributed by atoms with Crippen LogP contribution >= 0.6 is 0 Å². The minimum atomic E-state index is -1.00. The summed E-state index contributed by atoms with van der Waals surface area (Å²) >= 11 is 0. The molecule has 1 aliphatic heterocycles. The third-order valence-corrected chi connectivity index (χ3v) is 4.70. The molecule has 3 rings (SSSR count). The molecule has 0 saturated carbocycles. The van der Waals surface area contributed by atoms with E-state index >= 15 is 0 Å². The first-order chi connectivity index (χ1) is 13.5. The molecule has 0 amide bonds. The molecule has 1 fully saturated rings. The summed E-state index contributed by atoms with van der Waals surface area (Å²) in [6.07, 6.45) is 0. The summed E-state index contributed by atoms with van der Waals surface area (Å²) < 4.78 is 5.79. The van der Waals surface area contributed by atoms with Gasteiger partial charge in [-0.1, -0.05) is 18.2 Å². The molecule has 148 valence electrons. The molecule has 2 aromatic carbocycles. The van der Waals surface area contributed by atoms with Crippen molar-refractivity contribution in [2.75, 3.05) is 56.6 Å².